The largest absolute Gasteiger partial charge is 0.288 e. The standard InChI is InChI=1S/C13H30N2Si/c1-6-14(7-2)13(11-10-12-16-5)15(8-3)9-4/h10,12-13H,6-9,11,16H2,1-5H3. The van der Waals surface area contributed by atoms with E-state index in [1.165, 1.54) is 6.42 Å². The molecule has 0 bridgehead atoms. The van der Waals surface area contributed by atoms with E-state index >= 15 is 0 Å². The van der Waals surface area contributed by atoms with E-state index in [-0.39, 0.29) is 9.52 Å². The minimum Gasteiger partial charge on any atom is -0.288 e. The lowest BCUT2D eigenvalue weighted by atomic mass is 10.2. The van der Waals surface area contributed by atoms with Crippen LogP contribution < -0.4 is 0 Å². The summed E-state index contributed by atoms with van der Waals surface area (Å²) in [6.07, 6.45) is 4.18. The van der Waals surface area contributed by atoms with Crippen molar-refractivity contribution in [2.24, 2.45) is 0 Å². The Morgan fingerprint density at radius 2 is 1.38 bits per heavy atom. The molecular formula is C13H30N2Si. The van der Waals surface area contributed by atoms with E-state index in [4.69, 9.17) is 0 Å². The van der Waals surface area contributed by atoms with E-state index in [1.54, 1.807) is 0 Å². The van der Waals surface area contributed by atoms with Crippen molar-refractivity contribution in [3.63, 3.8) is 0 Å². The van der Waals surface area contributed by atoms with Gasteiger partial charge in [0.25, 0.3) is 0 Å². The average Bonchev–Trinajstić information content (AvgIpc) is 2.31. The van der Waals surface area contributed by atoms with Crippen LogP contribution in [-0.4, -0.2) is 51.7 Å². The second kappa shape index (κ2) is 10.1. The zero-order valence-corrected chi connectivity index (χ0v) is 13.3. The van der Waals surface area contributed by atoms with Crippen LogP contribution in [0, 0.1) is 0 Å². The van der Waals surface area contributed by atoms with Gasteiger partial charge in [0.1, 0.15) is 0 Å². The van der Waals surface area contributed by atoms with Gasteiger partial charge in [0.15, 0.2) is 0 Å². The molecule has 0 fully saturated rings. The van der Waals surface area contributed by atoms with Gasteiger partial charge in [-0.25, -0.2) is 0 Å². The van der Waals surface area contributed by atoms with Gasteiger partial charge in [-0.15, -0.1) is 5.70 Å². The van der Waals surface area contributed by atoms with Crippen molar-refractivity contribution >= 4 is 9.52 Å². The van der Waals surface area contributed by atoms with Crippen LogP contribution in [0.4, 0.5) is 0 Å². The van der Waals surface area contributed by atoms with E-state index < -0.39 is 0 Å². The predicted molar refractivity (Wildman–Crippen MR) is 77.8 cm³/mol. The molecular weight excluding hydrogens is 212 g/mol. The van der Waals surface area contributed by atoms with Gasteiger partial charge in [-0.2, -0.15) is 0 Å². The quantitative estimate of drug-likeness (QED) is 0.451. The Morgan fingerprint density at radius 3 is 1.69 bits per heavy atom. The molecule has 0 unspecified atom stereocenters. The first kappa shape index (κ1) is 15.9. The highest BCUT2D eigenvalue weighted by molar-refractivity contribution is 6.40. The lowest BCUT2D eigenvalue weighted by molar-refractivity contribution is 0.0590. The van der Waals surface area contributed by atoms with Crippen LogP contribution in [0.1, 0.15) is 34.1 Å². The Bertz CT molecular complexity index is 163. The van der Waals surface area contributed by atoms with Gasteiger partial charge >= 0.3 is 0 Å². The predicted octanol–water partition coefficient (Wildman–Crippen LogP) is 2.12. The second-order valence-electron chi connectivity index (χ2n) is 4.04. The maximum absolute atomic E-state index is 2.56. The van der Waals surface area contributed by atoms with Crippen molar-refractivity contribution in [1.29, 1.82) is 0 Å². The van der Waals surface area contributed by atoms with Gasteiger partial charge in [-0.3, -0.25) is 9.80 Å². The van der Waals surface area contributed by atoms with Crippen molar-refractivity contribution in [1.82, 2.24) is 9.80 Å². The minimum atomic E-state index is 0.0791. The first-order valence-electron chi connectivity index (χ1n) is 6.87. The zero-order chi connectivity index (χ0) is 12.4. The third-order valence-electron chi connectivity index (χ3n) is 3.22. The SMILES string of the molecule is CCN(CC)C(CC=C[SiH2]C)N(CC)CC. The van der Waals surface area contributed by atoms with E-state index in [9.17, 15) is 0 Å². The molecule has 3 heteroatoms. The Labute approximate surface area is 105 Å². The van der Waals surface area contributed by atoms with Gasteiger partial charge in [0, 0.05) is 9.52 Å². The zero-order valence-electron chi connectivity index (χ0n) is 11.9. The maximum Gasteiger partial charge on any atom is 0.0657 e. The van der Waals surface area contributed by atoms with E-state index in [2.05, 4.69) is 55.8 Å². The maximum atomic E-state index is 2.56. The molecule has 0 aliphatic rings. The summed E-state index contributed by atoms with van der Waals surface area (Å²) in [6, 6.07) is 0. The van der Waals surface area contributed by atoms with Crippen LogP contribution in [0.25, 0.3) is 0 Å². The number of rotatable bonds is 9. The summed E-state index contributed by atoms with van der Waals surface area (Å²) >= 11 is 0. The highest BCUT2D eigenvalue weighted by Crippen LogP contribution is 2.10. The third-order valence-corrected chi connectivity index (χ3v) is 4.02. The molecule has 0 spiro atoms. The molecule has 96 valence electrons. The normalized spacial score (nSPS) is 13.2. The molecule has 0 aromatic carbocycles. The topological polar surface area (TPSA) is 6.48 Å². The molecule has 0 aliphatic heterocycles. The molecule has 0 rings (SSSR count). The van der Waals surface area contributed by atoms with Gasteiger partial charge in [0.2, 0.25) is 0 Å². The lowest BCUT2D eigenvalue weighted by Gasteiger charge is -2.37. The molecule has 16 heavy (non-hydrogen) atoms. The number of hydrogen-bond acceptors (Lipinski definition) is 2. The summed E-state index contributed by atoms with van der Waals surface area (Å²) in [7, 11) is 0.0791. The summed E-state index contributed by atoms with van der Waals surface area (Å²) in [5.74, 6) is 0. The van der Waals surface area contributed by atoms with Crippen LogP contribution in [0.5, 0.6) is 0 Å². The van der Waals surface area contributed by atoms with E-state index in [1.807, 2.05) is 0 Å². The summed E-state index contributed by atoms with van der Waals surface area (Å²) < 4.78 is 0. The Kier molecular flexibility index (Phi) is 9.98. The molecule has 0 aromatic heterocycles. The van der Waals surface area contributed by atoms with Gasteiger partial charge in [-0.05, 0) is 32.6 Å². The third kappa shape index (κ3) is 5.28. The molecule has 0 N–H and O–H groups in total. The Hall–Kier alpha value is -0.123. The molecule has 0 saturated carbocycles. The molecule has 2 nitrogen and oxygen atoms in total. The van der Waals surface area contributed by atoms with Crippen molar-refractivity contribution in [2.75, 3.05) is 26.2 Å². The highest BCUT2D eigenvalue weighted by Gasteiger charge is 2.19. The Morgan fingerprint density at radius 1 is 0.938 bits per heavy atom. The molecule has 0 saturated heterocycles. The van der Waals surface area contributed by atoms with Crippen molar-refractivity contribution in [3.8, 4) is 0 Å². The fraction of sp³-hybridized carbons (Fsp3) is 0.846. The van der Waals surface area contributed by atoms with E-state index in [0.717, 1.165) is 26.2 Å². The van der Waals surface area contributed by atoms with Crippen molar-refractivity contribution in [3.05, 3.63) is 11.8 Å². The monoisotopic (exact) mass is 242 g/mol. The minimum absolute atomic E-state index is 0.0791. The molecule has 0 radical (unpaired) electrons. The number of nitrogens with zero attached hydrogens (tertiary/aromatic N) is 2. The smallest absolute Gasteiger partial charge is 0.0657 e. The summed E-state index contributed by atoms with van der Waals surface area (Å²) in [4.78, 5) is 5.13. The lowest BCUT2D eigenvalue weighted by Crippen LogP contribution is -2.48. The summed E-state index contributed by atoms with van der Waals surface area (Å²) in [5.41, 5.74) is 2.42. The van der Waals surface area contributed by atoms with Crippen LogP contribution >= 0.6 is 0 Å². The number of hydrogen-bond donors (Lipinski definition) is 0. The van der Waals surface area contributed by atoms with E-state index in [0.29, 0.717) is 6.17 Å². The fourth-order valence-electron chi connectivity index (χ4n) is 2.20. The average molecular weight is 242 g/mol. The molecule has 0 aliphatic carbocycles. The summed E-state index contributed by atoms with van der Waals surface area (Å²) in [6.45, 7) is 16.0. The highest BCUT2D eigenvalue weighted by atomic mass is 28.2. The van der Waals surface area contributed by atoms with Crippen LogP contribution in [0.2, 0.25) is 6.55 Å². The first-order valence-corrected chi connectivity index (χ1v) is 9.11. The van der Waals surface area contributed by atoms with Crippen molar-refractivity contribution in [2.45, 2.75) is 46.8 Å². The van der Waals surface area contributed by atoms with Crippen molar-refractivity contribution < 1.29 is 0 Å². The first-order chi connectivity index (χ1) is 7.74. The summed E-state index contributed by atoms with van der Waals surface area (Å²) in [5, 5.41) is 0. The van der Waals surface area contributed by atoms with Crippen LogP contribution in [-0.2, 0) is 0 Å². The second-order valence-corrected chi connectivity index (χ2v) is 5.33. The molecule has 0 heterocycles. The molecule has 0 aromatic rings. The Balaban J connectivity index is 4.52. The molecule has 0 amide bonds. The fourth-order valence-corrected chi connectivity index (χ4v) is 2.73. The van der Waals surface area contributed by atoms with Crippen LogP contribution in [0.3, 0.4) is 0 Å². The van der Waals surface area contributed by atoms with Gasteiger partial charge in [-0.1, -0.05) is 40.3 Å². The van der Waals surface area contributed by atoms with Crippen LogP contribution in [0.15, 0.2) is 11.8 Å². The van der Waals surface area contributed by atoms with Gasteiger partial charge < -0.3 is 0 Å². The molecule has 0 atom stereocenters. The van der Waals surface area contributed by atoms with Gasteiger partial charge in [0.05, 0.1) is 6.17 Å².